The second-order valence-electron chi connectivity index (χ2n) is 23.9. The van der Waals surface area contributed by atoms with E-state index in [1.54, 1.807) is 13.8 Å². The van der Waals surface area contributed by atoms with E-state index in [9.17, 15) is 28.4 Å². The number of carbonyl (C=O) groups is 5. The fraction of sp³-hybridized carbons (Fsp3) is 0.655. The van der Waals surface area contributed by atoms with Gasteiger partial charge >= 0.3 is 11.9 Å². The lowest BCUT2D eigenvalue weighted by Crippen LogP contribution is -2.68. The number of fused-ring (bicyclic) bond motifs is 7. The lowest BCUT2D eigenvalue weighted by molar-refractivity contribution is -0.235. The Bertz CT molecular complexity index is 2280. The molecule has 0 aromatic heterocycles. The number of ether oxygens (including phenoxy) is 2. The van der Waals surface area contributed by atoms with Gasteiger partial charge in [-0.15, -0.1) is 0 Å². The van der Waals surface area contributed by atoms with E-state index in [2.05, 4.69) is 59.1 Å². The first-order chi connectivity index (χ1) is 30.3. The largest absolute Gasteiger partial charge is 0.462 e. The van der Waals surface area contributed by atoms with Crippen LogP contribution in [-0.2, 0) is 35.3 Å². The summed E-state index contributed by atoms with van der Waals surface area (Å²) in [5.74, 6) is -1.49. The van der Waals surface area contributed by atoms with Crippen LogP contribution in [0.1, 0.15) is 156 Å². The quantitative estimate of drug-likeness (QED) is 0.227. The van der Waals surface area contributed by atoms with Gasteiger partial charge in [-0.05, 0) is 158 Å². The van der Waals surface area contributed by atoms with Gasteiger partial charge in [0, 0.05) is 17.4 Å². The van der Waals surface area contributed by atoms with Crippen molar-refractivity contribution in [2.24, 2.45) is 62.6 Å². The number of hydrogen-bond acceptors (Lipinski definition) is 7. The molecule has 9 nitrogen and oxygen atoms in total. The Kier molecular flexibility index (Phi) is 11.7. The Hall–Kier alpha value is -4.34. The van der Waals surface area contributed by atoms with Crippen LogP contribution < -0.4 is 10.6 Å². The van der Waals surface area contributed by atoms with Gasteiger partial charge in [0.05, 0.1) is 17.4 Å². The zero-order valence-corrected chi connectivity index (χ0v) is 40.8. The molecule has 65 heavy (non-hydrogen) atoms. The van der Waals surface area contributed by atoms with Crippen LogP contribution in [0.3, 0.4) is 0 Å². The molecule has 0 heterocycles. The van der Waals surface area contributed by atoms with Crippen LogP contribution in [0.15, 0.2) is 65.7 Å². The van der Waals surface area contributed by atoms with Crippen molar-refractivity contribution in [1.29, 1.82) is 0 Å². The number of carbonyl (C=O) groups excluding carboxylic acids is 5. The standard InChI is InChI=1S/C55H73FN2O7/c1-32(2)43-39(59)30-55(58-48(63)51(7,8)57-45(60)34-17-19-35(56)20-18-34)28-27-53(10)36(44(43)55)21-22-41-52(9)25-24-42(50(5,6)40(52)23-26-54(41,53)11)65-47(62)38-29-37(49(38,3)4)46(61)64-31-33-15-13-12-14-16-33/h12-20,32,36-38,40-42H,21-31H2,1-11H3,(H,57,60)(H,58,63)/t36-,37+,38-,40?,41-,42+,52+,53-,54-,55-/m1/s1. The van der Waals surface area contributed by atoms with Crippen molar-refractivity contribution >= 4 is 29.5 Å². The molecule has 6 aliphatic rings. The lowest BCUT2D eigenvalue weighted by atomic mass is 9.33. The van der Waals surface area contributed by atoms with E-state index < -0.39 is 28.2 Å². The van der Waals surface area contributed by atoms with Gasteiger partial charge in [0.2, 0.25) is 5.91 Å². The van der Waals surface area contributed by atoms with E-state index in [1.165, 1.54) is 24.3 Å². The summed E-state index contributed by atoms with van der Waals surface area (Å²) >= 11 is 0. The molecule has 8 rings (SSSR count). The summed E-state index contributed by atoms with van der Waals surface area (Å²) in [6.45, 7) is 23.9. The Morgan fingerprint density at radius 1 is 0.769 bits per heavy atom. The summed E-state index contributed by atoms with van der Waals surface area (Å²) < 4.78 is 25.9. The summed E-state index contributed by atoms with van der Waals surface area (Å²) in [5, 5.41) is 6.29. The highest BCUT2D eigenvalue weighted by molar-refractivity contribution is 6.03. The van der Waals surface area contributed by atoms with Gasteiger partial charge in [-0.2, -0.15) is 0 Å². The molecule has 0 bridgehead atoms. The predicted molar refractivity (Wildman–Crippen MR) is 247 cm³/mol. The van der Waals surface area contributed by atoms with E-state index in [-0.39, 0.29) is 93.7 Å². The van der Waals surface area contributed by atoms with Crippen LogP contribution in [0.4, 0.5) is 4.39 Å². The number of ketones is 1. The van der Waals surface area contributed by atoms with Crippen molar-refractivity contribution in [3.05, 3.63) is 82.7 Å². The molecule has 0 radical (unpaired) electrons. The number of Topliss-reactive ketones (excluding diaryl/α,β-unsaturated/α-hetero) is 1. The van der Waals surface area contributed by atoms with Crippen LogP contribution >= 0.6 is 0 Å². The minimum Gasteiger partial charge on any atom is -0.462 e. The zero-order chi connectivity index (χ0) is 47.3. The molecule has 5 fully saturated rings. The van der Waals surface area contributed by atoms with Crippen molar-refractivity contribution in [3.63, 3.8) is 0 Å². The maximum Gasteiger partial charge on any atom is 0.309 e. The van der Waals surface area contributed by atoms with E-state index in [1.807, 2.05) is 44.2 Å². The highest BCUT2D eigenvalue weighted by atomic mass is 19.1. The van der Waals surface area contributed by atoms with Crippen LogP contribution in [0.5, 0.6) is 0 Å². The Balaban J connectivity index is 0.980. The van der Waals surface area contributed by atoms with Gasteiger partial charge in [0.25, 0.3) is 5.91 Å². The van der Waals surface area contributed by atoms with Gasteiger partial charge in [-0.1, -0.05) is 92.6 Å². The van der Waals surface area contributed by atoms with E-state index in [0.717, 1.165) is 61.7 Å². The van der Waals surface area contributed by atoms with Crippen molar-refractivity contribution in [1.82, 2.24) is 10.6 Å². The molecule has 0 saturated heterocycles. The monoisotopic (exact) mass is 893 g/mol. The molecule has 5 saturated carbocycles. The fourth-order valence-corrected chi connectivity index (χ4v) is 15.1. The van der Waals surface area contributed by atoms with Gasteiger partial charge in [-0.25, -0.2) is 4.39 Å². The summed E-state index contributed by atoms with van der Waals surface area (Å²) in [5.41, 5.74) is 0.0469. The van der Waals surface area contributed by atoms with E-state index >= 15 is 0 Å². The van der Waals surface area contributed by atoms with Crippen LogP contribution in [0, 0.1) is 68.4 Å². The molecule has 2 aromatic rings. The Labute approximate surface area is 386 Å². The number of halogens is 1. The van der Waals surface area contributed by atoms with Crippen molar-refractivity contribution in [3.8, 4) is 0 Å². The number of allylic oxidation sites excluding steroid dienone is 1. The minimum absolute atomic E-state index is 0.00694. The van der Waals surface area contributed by atoms with Gasteiger partial charge in [0.15, 0.2) is 5.78 Å². The topological polar surface area (TPSA) is 128 Å². The number of nitrogens with one attached hydrogen (secondary N) is 2. The van der Waals surface area contributed by atoms with Crippen LogP contribution in [-0.4, -0.2) is 46.7 Å². The van der Waals surface area contributed by atoms with E-state index in [4.69, 9.17) is 9.47 Å². The number of amides is 2. The first kappa shape index (κ1) is 47.2. The van der Waals surface area contributed by atoms with Crippen molar-refractivity contribution < 1.29 is 37.8 Å². The molecule has 2 aromatic carbocycles. The van der Waals surface area contributed by atoms with Crippen LogP contribution in [0.2, 0.25) is 0 Å². The normalized spacial score (nSPS) is 35.7. The van der Waals surface area contributed by atoms with E-state index in [0.29, 0.717) is 24.7 Å². The molecule has 2 N–H and O–H groups in total. The maximum atomic E-state index is 14.4. The SMILES string of the molecule is CC(C)C1=C2[C@H]3CC[C@@H]4[C@@]5(C)CC[C@H](OC(=O)[C@H]6C[C@@H](C(=O)OCc7ccccc7)C6(C)C)C(C)(C)C5CC[C@@]4(C)[C@]3(C)CC[C@@]2(NC(=O)C(C)(C)NC(=O)c2ccc(F)cc2)CC1=O. The molecule has 0 aliphatic heterocycles. The Morgan fingerprint density at radius 2 is 1.43 bits per heavy atom. The van der Waals surface area contributed by atoms with Gasteiger partial charge < -0.3 is 20.1 Å². The van der Waals surface area contributed by atoms with Crippen LogP contribution in [0.25, 0.3) is 0 Å². The number of rotatable bonds is 10. The molecule has 10 heteroatoms. The van der Waals surface area contributed by atoms with Gasteiger partial charge in [-0.3, -0.25) is 24.0 Å². The minimum atomic E-state index is -1.31. The molecule has 2 amide bonds. The van der Waals surface area contributed by atoms with Gasteiger partial charge in [0.1, 0.15) is 24.1 Å². The number of benzene rings is 2. The third kappa shape index (κ3) is 7.50. The molecule has 0 spiro atoms. The fourth-order valence-electron chi connectivity index (χ4n) is 15.1. The second-order valence-corrected chi connectivity index (χ2v) is 23.9. The molecule has 6 aliphatic carbocycles. The summed E-state index contributed by atoms with van der Waals surface area (Å²) in [6, 6.07) is 14.9. The molecular formula is C55H73FN2O7. The van der Waals surface area contributed by atoms with Crippen molar-refractivity contribution in [2.75, 3.05) is 0 Å². The maximum absolute atomic E-state index is 14.4. The summed E-state index contributed by atoms with van der Waals surface area (Å²) in [6.07, 6.45) is 7.64. The zero-order valence-electron chi connectivity index (χ0n) is 40.8. The predicted octanol–water partition coefficient (Wildman–Crippen LogP) is 10.5. The first-order valence-corrected chi connectivity index (χ1v) is 24.4. The third-order valence-corrected chi connectivity index (χ3v) is 19.1. The van der Waals surface area contributed by atoms with Crippen molar-refractivity contribution in [2.45, 2.75) is 164 Å². The first-order valence-electron chi connectivity index (χ1n) is 24.4. The Morgan fingerprint density at radius 3 is 2.08 bits per heavy atom. The molecule has 10 atom stereocenters. The average Bonchev–Trinajstić information content (AvgIpc) is 3.53. The summed E-state index contributed by atoms with van der Waals surface area (Å²) in [4.78, 5) is 69.1. The molecule has 1 unspecified atom stereocenters. The average molecular weight is 893 g/mol. The lowest BCUT2D eigenvalue weighted by Gasteiger charge is -2.72. The number of hydrogen-bond donors (Lipinski definition) is 2. The smallest absolute Gasteiger partial charge is 0.309 e. The number of esters is 2. The molecular weight excluding hydrogens is 820 g/mol. The third-order valence-electron chi connectivity index (χ3n) is 19.1. The summed E-state index contributed by atoms with van der Waals surface area (Å²) in [7, 11) is 0. The highest BCUT2D eigenvalue weighted by Gasteiger charge is 2.71. The molecule has 352 valence electrons. The second kappa shape index (κ2) is 16.2. The highest BCUT2D eigenvalue weighted by Crippen LogP contribution is 2.76.